The smallest absolute Gasteiger partial charge is 0.131 e. The number of pyridine rings is 1. The Balaban J connectivity index is 2.17. The Morgan fingerprint density at radius 2 is 2.12 bits per heavy atom. The third-order valence-electron chi connectivity index (χ3n) is 3.06. The summed E-state index contributed by atoms with van der Waals surface area (Å²) in [7, 11) is 0. The third-order valence-corrected chi connectivity index (χ3v) is 3.06. The minimum atomic E-state index is 0.202. The standard InChI is InChI=1S/C13H21N3/c1-11(14)10-12-6-5-7-15-13(12)16-8-3-2-4-9-16/h5-7,11H,2-4,8-10,14H2,1H3. The van der Waals surface area contributed by atoms with Crippen molar-refractivity contribution in [3.8, 4) is 0 Å². The molecule has 2 heterocycles. The molecule has 0 saturated carbocycles. The first-order valence-corrected chi connectivity index (χ1v) is 6.22. The molecular formula is C13H21N3. The van der Waals surface area contributed by atoms with E-state index in [1.54, 1.807) is 0 Å². The van der Waals surface area contributed by atoms with E-state index in [2.05, 4.69) is 16.0 Å². The summed E-state index contributed by atoms with van der Waals surface area (Å²) in [4.78, 5) is 6.93. The molecule has 1 aliphatic heterocycles. The monoisotopic (exact) mass is 219 g/mol. The summed E-state index contributed by atoms with van der Waals surface area (Å²) < 4.78 is 0. The van der Waals surface area contributed by atoms with Crippen molar-refractivity contribution in [2.24, 2.45) is 5.73 Å². The van der Waals surface area contributed by atoms with Crippen molar-refractivity contribution in [2.75, 3.05) is 18.0 Å². The largest absolute Gasteiger partial charge is 0.356 e. The van der Waals surface area contributed by atoms with E-state index in [1.165, 1.54) is 24.8 Å². The number of rotatable bonds is 3. The van der Waals surface area contributed by atoms with Crippen molar-refractivity contribution in [1.29, 1.82) is 0 Å². The quantitative estimate of drug-likeness (QED) is 0.845. The first kappa shape index (κ1) is 11.4. The van der Waals surface area contributed by atoms with E-state index in [0.29, 0.717) is 0 Å². The van der Waals surface area contributed by atoms with Gasteiger partial charge < -0.3 is 10.6 Å². The first-order chi connectivity index (χ1) is 7.77. The molecule has 3 nitrogen and oxygen atoms in total. The van der Waals surface area contributed by atoms with Crippen molar-refractivity contribution >= 4 is 5.82 Å². The van der Waals surface area contributed by atoms with Gasteiger partial charge in [-0.25, -0.2) is 4.98 Å². The molecule has 1 saturated heterocycles. The van der Waals surface area contributed by atoms with Crippen LogP contribution in [0.2, 0.25) is 0 Å². The Labute approximate surface area is 97.7 Å². The molecule has 0 amide bonds. The molecular weight excluding hydrogens is 198 g/mol. The van der Waals surface area contributed by atoms with Gasteiger partial charge in [-0.15, -0.1) is 0 Å². The number of anilines is 1. The van der Waals surface area contributed by atoms with Crippen LogP contribution in [0.5, 0.6) is 0 Å². The van der Waals surface area contributed by atoms with Gasteiger partial charge in [-0.1, -0.05) is 6.07 Å². The summed E-state index contributed by atoms with van der Waals surface area (Å²) in [6.45, 7) is 4.33. The SMILES string of the molecule is CC(N)Cc1cccnc1N1CCCCC1. The fourth-order valence-corrected chi connectivity index (χ4v) is 2.33. The lowest BCUT2D eigenvalue weighted by molar-refractivity contribution is 0.570. The van der Waals surface area contributed by atoms with E-state index >= 15 is 0 Å². The highest BCUT2D eigenvalue weighted by Gasteiger charge is 2.15. The Hall–Kier alpha value is -1.09. The maximum atomic E-state index is 5.88. The summed E-state index contributed by atoms with van der Waals surface area (Å²) in [5.41, 5.74) is 7.17. The minimum Gasteiger partial charge on any atom is -0.356 e. The molecule has 1 aromatic heterocycles. The fraction of sp³-hybridized carbons (Fsp3) is 0.615. The van der Waals surface area contributed by atoms with E-state index in [9.17, 15) is 0 Å². The van der Waals surface area contributed by atoms with Crippen molar-refractivity contribution in [1.82, 2.24) is 4.98 Å². The lowest BCUT2D eigenvalue weighted by atomic mass is 10.1. The fourth-order valence-electron chi connectivity index (χ4n) is 2.33. The number of hydrogen-bond donors (Lipinski definition) is 1. The van der Waals surface area contributed by atoms with Crippen LogP contribution in [-0.2, 0) is 6.42 Å². The van der Waals surface area contributed by atoms with Crippen LogP contribution in [-0.4, -0.2) is 24.1 Å². The maximum Gasteiger partial charge on any atom is 0.131 e. The van der Waals surface area contributed by atoms with Crippen LogP contribution in [0.4, 0.5) is 5.82 Å². The molecule has 0 aromatic carbocycles. The Bertz CT molecular complexity index is 330. The summed E-state index contributed by atoms with van der Waals surface area (Å²) in [6, 6.07) is 4.36. The van der Waals surface area contributed by atoms with Gasteiger partial charge in [0.1, 0.15) is 5.82 Å². The zero-order valence-electron chi connectivity index (χ0n) is 10.0. The molecule has 0 aliphatic carbocycles. The van der Waals surface area contributed by atoms with E-state index in [1.807, 2.05) is 19.2 Å². The summed E-state index contributed by atoms with van der Waals surface area (Å²) in [5, 5.41) is 0. The van der Waals surface area contributed by atoms with Crippen LogP contribution < -0.4 is 10.6 Å². The van der Waals surface area contributed by atoms with E-state index < -0.39 is 0 Å². The van der Waals surface area contributed by atoms with E-state index in [0.717, 1.165) is 25.3 Å². The van der Waals surface area contributed by atoms with Crippen LogP contribution in [0.15, 0.2) is 18.3 Å². The second-order valence-corrected chi connectivity index (χ2v) is 4.72. The van der Waals surface area contributed by atoms with Crippen LogP contribution >= 0.6 is 0 Å². The molecule has 0 spiro atoms. The molecule has 2 N–H and O–H groups in total. The molecule has 1 unspecified atom stereocenters. The molecule has 2 rings (SSSR count). The summed E-state index contributed by atoms with van der Waals surface area (Å²) in [5.74, 6) is 1.15. The number of piperidine rings is 1. The number of nitrogens with zero attached hydrogens (tertiary/aromatic N) is 2. The minimum absolute atomic E-state index is 0.202. The topological polar surface area (TPSA) is 42.1 Å². The highest BCUT2D eigenvalue weighted by atomic mass is 15.2. The summed E-state index contributed by atoms with van der Waals surface area (Å²) in [6.07, 6.45) is 6.72. The van der Waals surface area contributed by atoms with Crippen LogP contribution in [0.25, 0.3) is 0 Å². The molecule has 0 radical (unpaired) electrons. The average Bonchev–Trinajstić information content (AvgIpc) is 2.30. The van der Waals surface area contributed by atoms with Gasteiger partial charge in [0, 0.05) is 25.3 Å². The van der Waals surface area contributed by atoms with Gasteiger partial charge in [0.25, 0.3) is 0 Å². The van der Waals surface area contributed by atoms with Gasteiger partial charge in [-0.3, -0.25) is 0 Å². The lowest BCUT2D eigenvalue weighted by Crippen LogP contribution is -2.31. The molecule has 1 aliphatic rings. The van der Waals surface area contributed by atoms with Gasteiger partial charge in [0.05, 0.1) is 0 Å². The zero-order chi connectivity index (χ0) is 11.4. The van der Waals surface area contributed by atoms with Gasteiger partial charge in [0.2, 0.25) is 0 Å². The highest BCUT2D eigenvalue weighted by Crippen LogP contribution is 2.22. The Kier molecular flexibility index (Phi) is 3.78. The van der Waals surface area contributed by atoms with Crippen molar-refractivity contribution in [3.63, 3.8) is 0 Å². The van der Waals surface area contributed by atoms with Gasteiger partial charge in [0.15, 0.2) is 0 Å². The van der Waals surface area contributed by atoms with Crippen molar-refractivity contribution in [3.05, 3.63) is 23.9 Å². The van der Waals surface area contributed by atoms with Crippen LogP contribution in [0, 0.1) is 0 Å². The van der Waals surface area contributed by atoms with Crippen molar-refractivity contribution < 1.29 is 0 Å². The lowest BCUT2D eigenvalue weighted by Gasteiger charge is -2.29. The molecule has 1 aromatic rings. The first-order valence-electron chi connectivity index (χ1n) is 6.22. The number of hydrogen-bond acceptors (Lipinski definition) is 3. The number of aromatic nitrogens is 1. The molecule has 88 valence electrons. The second kappa shape index (κ2) is 5.30. The summed E-state index contributed by atoms with van der Waals surface area (Å²) >= 11 is 0. The van der Waals surface area contributed by atoms with Crippen molar-refractivity contribution in [2.45, 2.75) is 38.6 Å². The van der Waals surface area contributed by atoms with Crippen LogP contribution in [0.1, 0.15) is 31.7 Å². The highest BCUT2D eigenvalue weighted by molar-refractivity contribution is 5.47. The Morgan fingerprint density at radius 3 is 2.81 bits per heavy atom. The predicted octanol–water partition coefficient (Wildman–Crippen LogP) is 1.96. The number of nitrogens with two attached hydrogens (primary N) is 1. The molecule has 16 heavy (non-hydrogen) atoms. The van der Waals surface area contributed by atoms with Crippen LogP contribution in [0.3, 0.4) is 0 Å². The molecule has 1 fully saturated rings. The predicted molar refractivity (Wildman–Crippen MR) is 67.7 cm³/mol. The normalized spacial score (nSPS) is 18.5. The second-order valence-electron chi connectivity index (χ2n) is 4.72. The maximum absolute atomic E-state index is 5.88. The third kappa shape index (κ3) is 2.73. The van der Waals surface area contributed by atoms with E-state index in [-0.39, 0.29) is 6.04 Å². The van der Waals surface area contributed by atoms with Gasteiger partial charge in [-0.2, -0.15) is 0 Å². The molecule has 1 atom stereocenters. The zero-order valence-corrected chi connectivity index (χ0v) is 10.0. The van der Waals surface area contributed by atoms with Gasteiger partial charge in [-0.05, 0) is 44.2 Å². The van der Waals surface area contributed by atoms with Gasteiger partial charge >= 0.3 is 0 Å². The average molecular weight is 219 g/mol. The molecule has 0 bridgehead atoms. The molecule has 3 heteroatoms. The Morgan fingerprint density at radius 1 is 1.38 bits per heavy atom. The van der Waals surface area contributed by atoms with E-state index in [4.69, 9.17) is 5.73 Å².